The summed E-state index contributed by atoms with van der Waals surface area (Å²) < 4.78 is 69.9. The molecule has 0 amide bonds. The molecule has 17 heavy (non-hydrogen) atoms. The molecule has 0 aliphatic carbocycles. The molecular formula is C9H8ClF3O3S-2. The third-order valence-electron chi connectivity index (χ3n) is 2.03. The van der Waals surface area contributed by atoms with Crippen molar-refractivity contribution in [2.24, 2.45) is 0 Å². The first-order chi connectivity index (χ1) is 7.18. The van der Waals surface area contributed by atoms with E-state index in [9.17, 15) is 26.1 Å². The zero-order valence-corrected chi connectivity index (χ0v) is 10.2. The predicted octanol–water partition coefficient (Wildman–Crippen LogP) is -0.824. The molecule has 0 N–H and O–H groups in total. The van der Waals surface area contributed by atoms with Crippen molar-refractivity contribution in [2.75, 3.05) is 0 Å². The molecule has 1 aromatic carbocycles. The molecule has 0 saturated carbocycles. The fourth-order valence-corrected chi connectivity index (χ4v) is 2.37. The van der Waals surface area contributed by atoms with E-state index < -0.39 is 26.8 Å². The molecule has 98 valence electrons. The average molecular weight is 289 g/mol. The smallest absolute Gasteiger partial charge is 0.417 e. The maximum atomic E-state index is 12.5. The van der Waals surface area contributed by atoms with Crippen molar-refractivity contribution in [3.8, 4) is 0 Å². The van der Waals surface area contributed by atoms with Crippen LogP contribution in [0.5, 0.6) is 0 Å². The van der Waals surface area contributed by atoms with Crippen molar-refractivity contribution in [3.63, 3.8) is 0 Å². The monoisotopic (exact) mass is 288 g/mol. The molecule has 0 fully saturated rings. The maximum absolute atomic E-state index is 12.5. The van der Waals surface area contributed by atoms with E-state index in [2.05, 4.69) is 0 Å². The van der Waals surface area contributed by atoms with Crippen LogP contribution in [0.15, 0.2) is 23.1 Å². The van der Waals surface area contributed by atoms with E-state index in [-0.39, 0.29) is 24.4 Å². The van der Waals surface area contributed by atoms with Gasteiger partial charge in [-0.3, -0.25) is 0 Å². The number of benzene rings is 1. The predicted molar refractivity (Wildman–Crippen MR) is 48.8 cm³/mol. The van der Waals surface area contributed by atoms with Gasteiger partial charge in [-0.25, -0.2) is 8.42 Å². The lowest BCUT2D eigenvalue weighted by atomic mass is 10.1. The Bertz CT molecular complexity index is 497. The van der Waals surface area contributed by atoms with Crippen LogP contribution in [0.3, 0.4) is 0 Å². The molecule has 0 heterocycles. The van der Waals surface area contributed by atoms with Gasteiger partial charge in [0.1, 0.15) is 10.1 Å². The standard InChI is InChI=1S/C9H9F3O3S.ClH/c1-2-6-4-3-5-7(9(10,11)12)8(6)16(13,14)15;/h3-5H,2H2,1H3,(H,13,14,15);1H/p-2. The molecule has 1 rings (SSSR count). The van der Waals surface area contributed by atoms with Crippen molar-refractivity contribution >= 4 is 10.1 Å². The fourth-order valence-electron chi connectivity index (χ4n) is 1.38. The maximum Gasteiger partial charge on any atom is 0.417 e. The Labute approximate surface area is 103 Å². The van der Waals surface area contributed by atoms with Gasteiger partial charge in [0.25, 0.3) is 0 Å². The topological polar surface area (TPSA) is 57.2 Å². The summed E-state index contributed by atoms with van der Waals surface area (Å²) in [5.41, 5.74) is -1.52. The van der Waals surface area contributed by atoms with Gasteiger partial charge in [0.2, 0.25) is 0 Å². The first-order valence-corrected chi connectivity index (χ1v) is 5.73. The van der Waals surface area contributed by atoms with Gasteiger partial charge in [-0.05, 0) is 18.1 Å². The minimum absolute atomic E-state index is 0. The van der Waals surface area contributed by atoms with Gasteiger partial charge in [0, 0.05) is 0 Å². The second-order valence-corrected chi connectivity index (χ2v) is 4.42. The van der Waals surface area contributed by atoms with Crippen LogP contribution in [0.2, 0.25) is 0 Å². The second kappa shape index (κ2) is 5.24. The Morgan fingerprint density at radius 1 is 1.29 bits per heavy atom. The molecule has 0 saturated heterocycles. The Morgan fingerprint density at radius 3 is 2.18 bits per heavy atom. The van der Waals surface area contributed by atoms with Crippen molar-refractivity contribution in [2.45, 2.75) is 24.4 Å². The van der Waals surface area contributed by atoms with Crippen molar-refractivity contribution in [3.05, 3.63) is 29.3 Å². The zero-order valence-electron chi connectivity index (χ0n) is 8.58. The minimum atomic E-state index is -5.13. The molecule has 0 atom stereocenters. The van der Waals surface area contributed by atoms with E-state index in [0.717, 1.165) is 6.07 Å². The Balaban J connectivity index is 0.00000256. The first kappa shape index (κ1) is 16.2. The summed E-state index contributed by atoms with van der Waals surface area (Å²) in [6.45, 7) is 1.48. The number of hydrogen-bond donors (Lipinski definition) is 0. The molecule has 3 nitrogen and oxygen atoms in total. The highest BCUT2D eigenvalue weighted by atomic mass is 35.5. The van der Waals surface area contributed by atoms with Crippen molar-refractivity contribution in [1.29, 1.82) is 0 Å². The van der Waals surface area contributed by atoms with E-state index in [1.54, 1.807) is 0 Å². The molecule has 1 aromatic rings. The molecular weight excluding hydrogens is 281 g/mol. The normalized spacial score (nSPS) is 12.1. The zero-order chi connectivity index (χ0) is 12.6. The van der Waals surface area contributed by atoms with Crippen molar-refractivity contribution < 1.29 is 38.5 Å². The second-order valence-electron chi connectivity index (χ2n) is 3.10. The molecule has 0 radical (unpaired) electrons. The van der Waals surface area contributed by atoms with Gasteiger partial charge in [-0.2, -0.15) is 13.2 Å². The summed E-state index contributed by atoms with van der Waals surface area (Å²) in [5, 5.41) is 0. The number of alkyl halides is 3. The van der Waals surface area contributed by atoms with E-state index >= 15 is 0 Å². The summed E-state index contributed by atoms with van der Waals surface area (Å²) in [4.78, 5) is -1.16. The van der Waals surface area contributed by atoms with E-state index in [1.165, 1.54) is 13.0 Å². The van der Waals surface area contributed by atoms with Gasteiger partial charge in [0.05, 0.1) is 10.5 Å². The van der Waals surface area contributed by atoms with Crippen molar-refractivity contribution in [1.82, 2.24) is 0 Å². The lowest BCUT2D eigenvalue weighted by Gasteiger charge is -2.18. The molecule has 0 bridgehead atoms. The third kappa shape index (κ3) is 3.58. The average Bonchev–Trinajstić information content (AvgIpc) is 2.13. The lowest BCUT2D eigenvalue weighted by Crippen LogP contribution is -3.00. The van der Waals surface area contributed by atoms with Crippen LogP contribution in [-0.2, 0) is 22.7 Å². The highest BCUT2D eigenvalue weighted by Gasteiger charge is 2.35. The largest absolute Gasteiger partial charge is 1.00 e. The number of aryl methyl sites for hydroxylation is 1. The fraction of sp³-hybridized carbons (Fsp3) is 0.333. The van der Waals surface area contributed by atoms with Crippen LogP contribution in [0.1, 0.15) is 18.1 Å². The summed E-state index contributed by atoms with van der Waals surface area (Å²) >= 11 is 0. The Morgan fingerprint density at radius 2 is 1.82 bits per heavy atom. The molecule has 0 aliphatic rings. The van der Waals surface area contributed by atoms with Gasteiger partial charge in [-0.15, -0.1) is 0 Å². The molecule has 8 heteroatoms. The summed E-state index contributed by atoms with van der Waals surface area (Å²) in [5.74, 6) is 0. The van der Waals surface area contributed by atoms with E-state index in [1.807, 2.05) is 0 Å². The Kier molecular flexibility index (Phi) is 5.00. The summed E-state index contributed by atoms with van der Waals surface area (Å²) in [6.07, 6.45) is -4.81. The third-order valence-corrected chi connectivity index (χ3v) is 3.01. The van der Waals surface area contributed by atoms with Gasteiger partial charge in [0.15, 0.2) is 0 Å². The van der Waals surface area contributed by atoms with Gasteiger partial charge in [-0.1, -0.05) is 19.1 Å². The lowest BCUT2D eigenvalue weighted by molar-refractivity contribution is -0.140. The van der Waals surface area contributed by atoms with Crippen LogP contribution in [0, 0.1) is 0 Å². The molecule has 0 spiro atoms. The highest BCUT2D eigenvalue weighted by molar-refractivity contribution is 7.85. The molecule has 0 unspecified atom stereocenters. The van der Waals surface area contributed by atoms with Crippen LogP contribution >= 0.6 is 0 Å². The number of halogens is 4. The van der Waals surface area contributed by atoms with Crippen LogP contribution < -0.4 is 12.4 Å². The van der Waals surface area contributed by atoms with Gasteiger partial charge >= 0.3 is 6.18 Å². The highest BCUT2D eigenvalue weighted by Crippen LogP contribution is 2.35. The van der Waals surface area contributed by atoms with Crippen LogP contribution in [0.25, 0.3) is 0 Å². The summed E-state index contributed by atoms with van der Waals surface area (Å²) in [7, 11) is -5.13. The van der Waals surface area contributed by atoms with E-state index in [4.69, 9.17) is 0 Å². The number of hydrogen-bond acceptors (Lipinski definition) is 3. The molecule has 0 aromatic heterocycles. The van der Waals surface area contributed by atoms with E-state index in [0.29, 0.717) is 6.07 Å². The van der Waals surface area contributed by atoms with Gasteiger partial charge < -0.3 is 17.0 Å². The van der Waals surface area contributed by atoms with Crippen LogP contribution in [0.4, 0.5) is 13.2 Å². The molecule has 0 aliphatic heterocycles. The van der Waals surface area contributed by atoms with Crippen LogP contribution in [-0.4, -0.2) is 13.0 Å². The number of rotatable bonds is 2. The first-order valence-electron chi connectivity index (χ1n) is 4.33. The Hall–Kier alpha value is -0.790. The SMILES string of the molecule is CCc1cccc(C(F)(F)F)c1S(=O)(=O)[O-].[Cl-]. The summed E-state index contributed by atoms with van der Waals surface area (Å²) in [6, 6.07) is 2.86. The minimum Gasteiger partial charge on any atom is -1.00 e. The quantitative estimate of drug-likeness (QED) is 0.668.